The summed E-state index contributed by atoms with van der Waals surface area (Å²) < 4.78 is 6.79. The van der Waals surface area contributed by atoms with Crippen molar-refractivity contribution in [2.24, 2.45) is 0 Å². The van der Waals surface area contributed by atoms with Crippen molar-refractivity contribution in [3.8, 4) is 5.75 Å². The molecule has 6 nitrogen and oxygen atoms in total. The third-order valence-corrected chi connectivity index (χ3v) is 5.89. The van der Waals surface area contributed by atoms with Crippen LogP contribution in [-0.2, 0) is 6.54 Å². The molecule has 0 amide bonds. The van der Waals surface area contributed by atoms with E-state index in [9.17, 15) is 4.79 Å². The fraction of sp³-hybridized carbons (Fsp3) is 0.280. The Kier molecular flexibility index (Phi) is 7.24. The minimum absolute atomic E-state index is 0.0782. The summed E-state index contributed by atoms with van der Waals surface area (Å²) in [6.07, 6.45) is 3.87. The highest BCUT2D eigenvalue weighted by Gasteiger charge is 2.17. The molecule has 166 valence electrons. The molecule has 0 spiro atoms. The molecule has 1 aliphatic heterocycles. The molecule has 1 fully saturated rings. The summed E-state index contributed by atoms with van der Waals surface area (Å²) >= 11 is 5.93. The van der Waals surface area contributed by atoms with Gasteiger partial charge in [-0.1, -0.05) is 29.8 Å². The van der Waals surface area contributed by atoms with Gasteiger partial charge in [-0.3, -0.25) is 9.69 Å². The zero-order chi connectivity index (χ0) is 22.3. The molecule has 1 saturated heterocycles. The minimum atomic E-state index is -0.0782. The van der Waals surface area contributed by atoms with Crippen molar-refractivity contribution in [2.45, 2.75) is 6.54 Å². The Balaban J connectivity index is 1.31. The van der Waals surface area contributed by atoms with Crippen LogP contribution in [0.2, 0.25) is 5.02 Å². The molecule has 0 N–H and O–H groups in total. The summed E-state index contributed by atoms with van der Waals surface area (Å²) in [5.41, 5.74) is 2.92. The van der Waals surface area contributed by atoms with Crippen LogP contribution in [0.15, 0.2) is 65.5 Å². The molecule has 4 rings (SSSR count). The van der Waals surface area contributed by atoms with Crippen LogP contribution in [0.25, 0.3) is 12.2 Å². The highest BCUT2D eigenvalue weighted by molar-refractivity contribution is 6.30. The average molecular weight is 451 g/mol. The molecular weight excluding hydrogens is 424 g/mol. The Hall–Kier alpha value is -3.09. The first kappa shape index (κ1) is 22.1. The van der Waals surface area contributed by atoms with Crippen LogP contribution in [-0.4, -0.2) is 54.5 Å². The average Bonchev–Trinajstić information content (AvgIpc) is 2.84. The van der Waals surface area contributed by atoms with Gasteiger partial charge >= 0.3 is 0 Å². The van der Waals surface area contributed by atoms with Crippen LogP contribution in [0.4, 0.5) is 5.69 Å². The number of piperazine rings is 1. The number of rotatable bonds is 7. The predicted molar refractivity (Wildman–Crippen MR) is 131 cm³/mol. The largest absolute Gasteiger partial charge is 0.497 e. The number of nitrogens with zero attached hydrogens (tertiary/aromatic N) is 4. The van der Waals surface area contributed by atoms with Crippen molar-refractivity contribution in [3.63, 3.8) is 0 Å². The molecule has 0 aliphatic carbocycles. The highest BCUT2D eigenvalue weighted by atomic mass is 35.5. The van der Waals surface area contributed by atoms with Crippen LogP contribution < -0.4 is 15.2 Å². The molecule has 0 saturated carbocycles. The number of hydrogen-bond acceptors (Lipinski definition) is 5. The van der Waals surface area contributed by atoms with E-state index in [0.717, 1.165) is 49.7 Å². The van der Waals surface area contributed by atoms with Gasteiger partial charge in [-0.15, -0.1) is 0 Å². The highest BCUT2D eigenvalue weighted by Crippen LogP contribution is 2.20. The Bertz CT molecular complexity index is 1100. The first-order valence-corrected chi connectivity index (χ1v) is 11.1. The number of benzene rings is 2. The van der Waals surface area contributed by atoms with E-state index >= 15 is 0 Å². The molecule has 1 aliphatic rings. The van der Waals surface area contributed by atoms with Gasteiger partial charge in [-0.25, -0.2) is 4.68 Å². The van der Waals surface area contributed by atoms with Gasteiger partial charge in [0.25, 0.3) is 5.56 Å². The van der Waals surface area contributed by atoms with Crippen molar-refractivity contribution >= 4 is 29.4 Å². The van der Waals surface area contributed by atoms with Gasteiger partial charge in [0.05, 0.1) is 19.3 Å². The van der Waals surface area contributed by atoms with Gasteiger partial charge in [0, 0.05) is 49.5 Å². The lowest BCUT2D eigenvalue weighted by atomic mass is 10.2. The van der Waals surface area contributed by atoms with Crippen LogP contribution in [0, 0.1) is 0 Å². The quantitative estimate of drug-likeness (QED) is 0.546. The van der Waals surface area contributed by atoms with E-state index in [4.69, 9.17) is 16.3 Å². The monoisotopic (exact) mass is 450 g/mol. The Morgan fingerprint density at radius 3 is 2.31 bits per heavy atom. The summed E-state index contributed by atoms with van der Waals surface area (Å²) in [6, 6.07) is 19.1. The SMILES string of the molecule is COc1ccc(N2CCN(CCn3nc(C=Cc4ccc(Cl)cc4)ccc3=O)CC2)cc1. The maximum atomic E-state index is 12.3. The Morgan fingerprint density at radius 1 is 0.906 bits per heavy atom. The normalized spacial score (nSPS) is 14.8. The second kappa shape index (κ2) is 10.5. The van der Waals surface area contributed by atoms with Gasteiger partial charge in [-0.2, -0.15) is 5.10 Å². The molecule has 0 unspecified atom stereocenters. The summed E-state index contributed by atoms with van der Waals surface area (Å²) in [5, 5.41) is 5.22. The number of ether oxygens (including phenoxy) is 1. The van der Waals surface area contributed by atoms with Gasteiger partial charge < -0.3 is 9.64 Å². The van der Waals surface area contributed by atoms with E-state index in [1.807, 2.05) is 48.6 Å². The molecule has 3 aromatic rings. The maximum absolute atomic E-state index is 12.3. The second-order valence-corrected chi connectivity index (χ2v) is 8.17. The van der Waals surface area contributed by atoms with E-state index < -0.39 is 0 Å². The second-order valence-electron chi connectivity index (χ2n) is 7.73. The van der Waals surface area contributed by atoms with Gasteiger partial charge in [0.1, 0.15) is 5.75 Å². The number of anilines is 1. The fourth-order valence-electron chi connectivity index (χ4n) is 3.73. The fourth-order valence-corrected chi connectivity index (χ4v) is 3.85. The summed E-state index contributed by atoms with van der Waals surface area (Å²) in [5.74, 6) is 0.871. The van der Waals surface area contributed by atoms with Crippen LogP contribution in [0.3, 0.4) is 0 Å². The zero-order valence-electron chi connectivity index (χ0n) is 18.2. The van der Waals surface area contributed by atoms with Gasteiger partial charge in [0.2, 0.25) is 0 Å². The molecular formula is C25H27ClN4O2. The number of methoxy groups -OCH3 is 1. The molecule has 2 aromatic carbocycles. The Morgan fingerprint density at radius 2 is 1.62 bits per heavy atom. The van der Waals surface area contributed by atoms with Crippen LogP contribution in [0.1, 0.15) is 11.3 Å². The van der Waals surface area contributed by atoms with Gasteiger partial charge in [-0.05, 0) is 54.1 Å². The number of aromatic nitrogens is 2. The van der Waals surface area contributed by atoms with E-state index in [1.165, 1.54) is 5.69 Å². The lowest BCUT2D eigenvalue weighted by molar-refractivity contribution is 0.242. The predicted octanol–water partition coefficient (Wildman–Crippen LogP) is 3.90. The van der Waals surface area contributed by atoms with Crippen molar-refractivity contribution in [1.82, 2.24) is 14.7 Å². The van der Waals surface area contributed by atoms with E-state index in [2.05, 4.69) is 27.0 Å². The van der Waals surface area contributed by atoms with E-state index in [-0.39, 0.29) is 5.56 Å². The van der Waals surface area contributed by atoms with Gasteiger partial charge in [0.15, 0.2) is 0 Å². The van der Waals surface area contributed by atoms with Crippen molar-refractivity contribution in [3.05, 3.63) is 87.3 Å². The molecule has 2 heterocycles. The van der Waals surface area contributed by atoms with E-state index in [0.29, 0.717) is 11.6 Å². The maximum Gasteiger partial charge on any atom is 0.266 e. The third kappa shape index (κ3) is 5.78. The zero-order valence-corrected chi connectivity index (χ0v) is 18.9. The summed E-state index contributed by atoms with van der Waals surface area (Å²) in [7, 11) is 1.68. The number of halogens is 1. The molecule has 32 heavy (non-hydrogen) atoms. The van der Waals surface area contributed by atoms with Crippen molar-refractivity contribution in [1.29, 1.82) is 0 Å². The molecule has 0 bridgehead atoms. The number of hydrogen-bond donors (Lipinski definition) is 0. The van der Waals surface area contributed by atoms with Crippen LogP contribution in [0.5, 0.6) is 5.75 Å². The molecule has 0 atom stereocenters. The van der Waals surface area contributed by atoms with Crippen molar-refractivity contribution in [2.75, 3.05) is 44.7 Å². The Labute approximate surface area is 193 Å². The minimum Gasteiger partial charge on any atom is -0.497 e. The lowest BCUT2D eigenvalue weighted by Crippen LogP contribution is -2.47. The van der Waals surface area contributed by atoms with E-state index in [1.54, 1.807) is 23.9 Å². The van der Waals surface area contributed by atoms with Crippen molar-refractivity contribution < 1.29 is 4.74 Å². The first-order valence-electron chi connectivity index (χ1n) is 10.7. The summed E-state index contributed by atoms with van der Waals surface area (Å²) in [4.78, 5) is 17.0. The molecule has 1 aromatic heterocycles. The summed E-state index contributed by atoms with van der Waals surface area (Å²) in [6.45, 7) is 5.20. The topological polar surface area (TPSA) is 50.6 Å². The smallest absolute Gasteiger partial charge is 0.266 e. The lowest BCUT2D eigenvalue weighted by Gasteiger charge is -2.36. The molecule has 7 heteroatoms. The molecule has 0 radical (unpaired) electrons. The third-order valence-electron chi connectivity index (χ3n) is 5.64. The van der Waals surface area contributed by atoms with Crippen LogP contribution >= 0.6 is 11.6 Å². The first-order chi connectivity index (χ1) is 15.6. The standard InChI is InChI=1S/C25H27ClN4O2/c1-32-24-11-9-23(10-12-24)29-17-14-28(15-18-29)16-19-30-25(31)13-8-22(27-30)7-4-20-2-5-21(26)6-3-20/h2-13H,14-19H2,1H3.